The Balaban J connectivity index is 4.64. The van der Waals surface area contributed by atoms with Crippen LogP contribution in [-0.4, -0.2) is 44.7 Å². The lowest BCUT2D eigenvalue weighted by Gasteiger charge is -2.21. The average molecular weight is 364 g/mol. The Labute approximate surface area is 143 Å². The van der Waals surface area contributed by atoms with E-state index in [0.717, 1.165) is 6.42 Å². The molecule has 0 aliphatic rings. The second-order valence-electron chi connectivity index (χ2n) is 5.47. The number of hydrogen-bond acceptors (Lipinski definition) is 6. The lowest BCUT2D eigenvalue weighted by molar-refractivity contribution is -0.126. The Hall–Kier alpha value is -1.21. The fourth-order valence-corrected chi connectivity index (χ4v) is 2.76. The Kier molecular flexibility index (Phi) is 12.5. The van der Waals surface area contributed by atoms with E-state index >= 15 is 0 Å². The molecular formula is C15H29N2O6P. The Morgan fingerprint density at radius 1 is 1.29 bits per heavy atom. The Morgan fingerprint density at radius 2 is 2.00 bits per heavy atom. The molecule has 8 nitrogen and oxygen atoms in total. The molecule has 0 radical (unpaired) electrons. The fourth-order valence-electron chi connectivity index (χ4n) is 1.51. The summed E-state index contributed by atoms with van der Waals surface area (Å²) in [6.07, 6.45) is 3.22. The molecule has 0 aliphatic heterocycles. The number of carbonyl (C=O) groups is 2. The lowest BCUT2D eigenvalue weighted by Crippen LogP contribution is -2.46. The molecule has 0 fully saturated rings. The van der Waals surface area contributed by atoms with E-state index in [-0.39, 0.29) is 19.8 Å². The summed E-state index contributed by atoms with van der Waals surface area (Å²) in [5.74, 6) is 0.0162. The van der Waals surface area contributed by atoms with E-state index in [1.165, 1.54) is 6.08 Å². The van der Waals surface area contributed by atoms with Crippen LogP contribution in [0.4, 0.5) is 0 Å². The molecule has 0 aromatic carbocycles. The van der Waals surface area contributed by atoms with Crippen LogP contribution in [-0.2, 0) is 27.7 Å². The highest BCUT2D eigenvalue weighted by molar-refractivity contribution is 7.48. The highest BCUT2D eigenvalue weighted by atomic mass is 31.2. The summed E-state index contributed by atoms with van der Waals surface area (Å²) >= 11 is 0. The molecule has 2 unspecified atom stereocenters. The molecule has 2 amide bonds. The summed E-state index contributed by atoms with van der Waals surface area (Å²) in [5.41, 5.74) is 0. The van der Waals surface area contributed by atoms with Gasteiger partial charge in [0.1, 0.15) is 6.04 Å². The predicted molar refractivity (Wildman–Crippen MR) is 91.4 cm³/mol. The van der Waals surface area contributed by atoms with Crippen LogP contribution in [0.2, 0.25) is 0 Å². The van der Waals surface area contributed by atoms with Crippen LogP contribution in [0.3, 0.4) is 0 Å². The predicted octanol–water partition coefficient (Wildman–Crippen LogP) is 2.02. The van der Waals surface area contributed by atoms with Crippen LogP contribution < -0.4 is 10.6 Å². The molecular weight excluding hydrogens is 335 g/mol. The number of carbonyl (C=O) groups excluding carboxylic acids is 2. The zero-order valence-corrected chi connectivity index (χ0v) is 15.6. The average Bonchev–Trinajstić information content (AvgIpc) is 2.54. The largest absolute Gasteiger partial charge is 0.475 e. The van der Waals surface area contributed by atoms with E-state index in [4.69, 9.17) is 13.6 Å². The van der Waals surface area contributed by atoms with Gasteiger partial charge >= 0.3 is 7.82 Å². The zero-order chi connectivity index (χ0) is 18.4. The van der Waals surface area contributed by atoms with Gasteiger partial charge < -0.3 is 10.6 Å². The van der Waals surface area contributed by atoms with Crippen molar-refractivity contribution in [1.29, 1.82) is 0 Å². The van der Waals surface area contributed by atoms with E-state index in [9.17, 15) is 14.2 Å². The smallest absolute Gasteiger partial charge is 0.354 e. The van der Waals surface area contributed by atoms with E-state index in [0.29, 0.717) is 25.3 Å². The summed E-state index contributed by atoms with van der Waals surface area (Å²) in [6, 6.07) is -0.986. The minimum atomic E-state index is -3.82. The van der Waals surface area contributed by atoms with Gasteiger partial charge in [-0.3, -0.25) is 23.2 Å². The summed E-state index contributed by atoms with van der Waals surface area (Å²) in [4.78, 5) is 22.7. The second kappa shape index (κ2) is 13.1. The monoisotopic (exact) mass is 364 g/mol. The SMILES string of the molecule is C=CCOP(=O)(OCCC)OCC(NC=O)C(=O)NCCC(C)C. The molecule has 0 aromatic rings. The highest BCUT2D eigenvalue weighted by Crippen LogP contribution is 2.49. The Morgan fingerprint density at radius 3 is 2.54 bits per heavy atom. The van der Waals surface area contributed by atoms with E-state index in [2.05, 4.69) is 17.2 Å². The molecule has 0 bridgehead atoms. The molecule has 0 spiro atoms. The van der Waals surface area contributed by atoms with Crippen LogP contribution in [0, 0.1) is 5.92 Å². The number of phosphoric acid groups is 1. The van der Waals surface area contributed by atoms with Gasteiger partial charge in [-0.25, -0.2) is 4.57 Å². The van der Waals surface area contributed by atoms with Gasteiger partial charge in [0.05, 0.1) is 19.8 Å². The quantitative estimate of drug-likeness (QED) is 0.262. The van der Waals surface area contributed by atoms with Crippen molar-refractivity contribution >= 4 is 20.1 Å². The number of rotatable bonds is 15. The third kappa shape index (κ3) is 10.5. The number of nitrogens with one attached hydrogen (secondary N) is 2. The van der Waals surface area contributed by atoms with E-state index < -0.39 is 19.8 Å². The molecule has 2 atom stereocenters. The molecule has 24 heavy (non-hydrogen) atoms. The summed E-state index contributed by atoms with van der Waals surface area (Å²) < 4.78 is 27.7. The number of hydrogen-bond donors (Lipinski definition) is 2. The Bertz CT molecular complexity index is 430. The standard InChI is InChI=1S/C15H29N2O6P/c1-5-9-21-24(20,22-10-6-2)23-11-14(17-12-18)15(19)16-8-7-13(3)4/h5,12-14H,1,6-11H2,2-4H3,(H,16,19)(H,17,18). The molecule has 0 aromatic heterocycles. The van der Waals surface area contributed by atoms with Gasteiger partial charge in [-0.15, -0.1) is 6.58 Å². The van der Waals surface area contributed by atoms with Gasteiger partial charge in [0.25, 0.3) is 0 Å². The summed E-state index contributed by atoms with van der Waals surface area (Å²) in [5, 5.41) is 5.03. The first kappa shape index (κ1) is 22.8. The third-order valence-corrected chi connectivity index (χ3v) is 4.24. The maximum atomic E-state index is 12.4. The third-order valence-electron chi connectivity index (χ3n) is 2.81. The van der Waals surface area contributed by atoms with Crippen LogP contribution in [0.5, 0.6) is 0 Å². The van der Waals surface area contributed by atoms with Crippen LogP contribution in [0.1, 0.15) is 33.6 Å². The van der Waals surface area contributed by atoms with Crippen molar-refractivity contribution in [1.82, 2.24) is 10.6 Å². The van der Waals surface area contributed by atoms with Crippen LogP contribution >= 0.6 is 7.82 Å². The second-order valence-corrected chi connectivity index (χ2v) is 7.14. The maximum Gasteiger partial charge on any atom is 0.475 e. The normalized spacial score (nSPS) is 14.7. The van der Waals surface area contributed by atoms with Crippen molar-refractivity contribution in [3.05, 3.63) is 12.7 Å². The molecule has 140 valence electrons. The molecule has 9 heteroatoms. The number of amides is 2. The van der Waals surface area contributed by atoms with Gasteiger partial charge in [0.15, 0.2) is 0 Å². The van der Waals surface area contributed by atoms with Crippen molar-refractivity contribution in [2.24, 2.45) is 5.92 Å². The van der Waals surface area contributed by atoms with Crippen molar-refractivity contribution in [3.8, 4) is 0 Å². The van der Waals surface area contributed by atoms with Gasteiger partial charge in [-0.1, -0.05) is 26.8 Å². The van der Waals surface area contributed by atoms with Gasteiger partial charge in [-0.05, 0) is 18.8 Å². The first-order valence-electron chi connectivity index (χ1n) is 8.00. The summed E-state index contributed by atoms with van der Waals surface area (Å²) in [6.45, 7) is 9.69. The summed E-state index contributed by atoms with van der Waals surface area (Å²) in [7, 11) is -3.82. The topological polar surface area (TPSA) is 103 Å². The van der Waals surface area contributed by atoms with Gasteiger partial charge in [0, 0.05) is 6.54 Å². The number of phosphoric ester groups is 1. The van der Waals surface area contributed by atoms with Crippen molar-refractivity contribution in [2.75, 3.05) is 26.4 Å². The minimum Gasteiger partial charge on any atom is -0.354 e. The molecule has 0 saturated heterocycles. The van der Waals surface area contributed by atoms with Crippen molar-refractivity contribution in [2.45, 2.75) is 39.7 Å². The van der Waals surface area contributed by atoms with Crippen LogP contribution in [0.25, 0.3) is 0 Å². The molecule has 0 heterocycles. The highest BCUT2D eigenvalue weighted by Gasteiger charge is 2.29. The van der Waals surface area contributed by atoms with Gasteiger partial charge in [-0.2, -0.15) is 0 Å². The lowest BCUT2D eigenvalue weighted by atomic mass is 10.1. The van der Waals surface area contributed by atoms with Crippen molar-refractivity contribution < 1.29 is 27.7 Å². The zero-order valence-electron chi connectivity index (χ0n) is 14.7. The first-order valence-corrected chi connectivity index (χ1v) is 9.46. The molecule has 0 rings (SSSR count). The first-order chi connectivity index (χ1) is 11.4. The molecule has 2 N–H and O–H groups in total. The van der Waals surface area contributed by atoms with E-state index in [1.807, 2.05) is 20.8 Å². The fraction of sp³-hybridized carbons (Fsp3) is 0.733. The van der Waals surface area contributed by atoms with Gasteiger partial charge in [0.2, 0.25) is 12.3 Å². The minimum absolute atomic E-state index is 0.0205. The van der Waals surface area contributed by atoms with Crippen LogP contribution in [0.15, 0.2) is 12.7 Å². The maximum absolute atomic E-state index is 12.4. The molecule has 0 saturated carbocycles. The van der Waals surface area contributed by atoms with E-state index in [1.54, 1.807) is 0 Å². The molecule has 0 aliphatic carbocycles. The van der Waals surface area contributed by atoms with Crippen molar-refractivity contribution in [3.63, 3.8) is 0 Å².